The Morgan fingerprint density at radius 1 is 1.46 bits per heavy atom. The predicted octanol–water partition coefficient (Wildman–Crippen LogP) is 2.73. The maximum Gasteiger partial charge on any atom is 0.0307 e. The molecule has 1 fully saturated rings. The molecule has 2 rings (SSSR count). The number of hydrogen-bond donors (Lipinski definition) is 1. The highest BCUT2D eigenvalue weighted by Gasteiger charge is 2.40. The van der Waals surface area contributed by atoms with Crippen molar-refractivity contribution in [1.29, 1.82) is 0 Å². The smallest absolute Gasteiger partial charge is 0.0307 e. The van der Waals surface area contributed by atoms with Gasteiger partial charge in [-0.3, -0.25) is 0 Å². The summed E-state index contributed by atoms with van der Waals surface area (Å²) < 4.78 is 0. The van der Waals surface area contributed by atoms with Crippen LogP contribution in [0.25, 0.3) is 0 Å². The van der Waals surface area contributed by atoms with Gasteiger partial charge >= 0.3 is 0 Å². The van der Waals surface area contributed by atoms with Crippen molar-refractivity contribution in [2.45, 2.75) is 45.1 Å². The number of nitrogens with one attached hydrogen (secondary N) is 1. The van der Waals surface area contributed by atoms with Gasteiger partial charge in [-0.15, -0.1) is 0 Å². The lowest BCUT2D eigenvalue weighted by molar-refractivity contribution is 0.506. The SMILES string of the molecule is CNC(C1=CCCCC1)C1CC1C. The summed E-state index contributed by atoms with van der Waals surface area (Å²) in [4.78, 5) is 0. The second-order valence-electron chi connectivity index (χ2n) is 4.67. The van der Waals surface area contributed by atoms with E-state index in [2.05, 4.69) is 25.4 Å². The highest BCUT2D eigenvalue weighted by Crippen LogP contribution is 2.43. The summed E-state index contributed by atoms with van der Waals surface area (Å²) in [5, 5.41) is 3.50. The van der Waals surface area contributed by atoms with E-state index in [1.54, 1.807) is 5.57 Å². The van der Waals surface area contributed by atoms with Crippen LogP contribution in [0.5, 0.6) is 0 Å². The molecule has 0 aromatic carbocycles. The molecule has 13 heavy (non-hydrogen) atoms. The number of allylic oxidation sites excluding steroid dienone is 1. The van der Waals surface area contributed by atoms with Crippen LogP contribution in [0.3, 0.4) is 0 Å². The third-order valence-electron chi connectivity index (χ3n) is 3.64. The summed E-state index contributed by atoms with van der Waals surface area (Å²) in [6.45, 7) is 2.37. The third-order valence-corrected chi connectivity index (χ3v) is 3.64. The van der Waals surface area contributed by atoms with Gasteiger partial charge in [0.05, 0.1) is 0 Å². The van der Waals surface area contributed by atoms with Crippen LogP contribution in [-0.4, -0.2) is 13.1 Å². The molecule has 0 aromatic rings. The number of hydrogen-bond acceptors (Lipinski definition) is 1. The molecule has 0 aliphatic heterocycles. The van der Waals surface area contributed by atoms with E-state index < -0.39 is 0 Å². The maximum absolute atomic E-state index is 3.50. The molecule has 1 N–H and O–H groups in total. The minimum Gasteiger partial charge on any atom is -0.313 e. The summed E-state index contributed by atoms with van der Waals surface area (Å²) in [6.07, 6.45) is 9.38. The molecular weight excluding hydrogens is 158 g/mol. The predicted molar refractivity (Wildman–Crippen MR) is 56.7 cm³/mol. The van der Waals surface area contributed by atoms with Crippen LogP contribution in [0, 0.1) is 11.8 Å². The molecule has 0 aromatic heterocycles. The van der Waals surface area contributed by atoms with Gasteiger partial charge in [-0.2, -0.15) is 0 Å². The minimum absolute atomic E-state index is 0.704. The average Bonchev–Trinajstić information content (AvgIpc) is 2.86. The third kappa shape index (κ3) is 1.96. The zero-order valence-electron chi connectivity index (χ0n) is 8.84. The van der Waals surface area contributed by atoms with E-state index in [9.17, 15) is 0 Å². The summed E-state index contributed by atoms with van der Waals surface area (Å²) in [7, 11) is 2.12. The average molecular weight is 179 g/mol. The Morgan fingerprint density at radius 2 is 2.23 bits per heavy atom. The lowest BCUT2D eigenvalue weighted by Crippen LogP contribution is -2.30. The van der Waals surface area contributed by atoms with Crippen LogP contribution in [0.1, 0.15) is 39.0 Å². The topological polar surface area (TPSA) is 12.0 Å². The van der Waals surface area contributed by atoms with E-state index in [4.69, 9.17) is 0 Å². The Balaban J connectivity index is 1.99. The first-order chi connectivity index (χ1) is 6.33. The van der Waals surface area contributed by atoms with Gasteiger partial charge in [0.2, 0.25) is 0 Å². The van der Waals surface area contributed by atoms with Crippen molar-refractivity contribution in [1.82, 2.24) is 5.32 Å². The van der Waals surface area contributed by atoms with Crippen LogP contribution in [0.4, 0.5) is 0 Å². The fraction of sp³-hybridized carbons (Fsp3) is 0.833. The fourth-order valence-electron chi connectivity index (χ4n) is 2.64. The largest absolute Gasteiger partial charge is 0.313 e. The van der Waals surface area contributed by atoms with Crippen LogP contribution >= 0.6 is 0 Å². The first-order valence-corrected chi connectivity index (χ1v) is 5.69. The molecular formula is C12H21N. The Bertz CT molecular complexity index is 207. The first kappa shape index (κ1) is 9.26. The first-order valence-electron chi connectivity index (χ1n) is 5.69. The second-order valence-corrected chi connectivity index (χ2v) is 4.67. The van der Waals surface area contributed by atoms with Crippen molar-refractivity contribution >= 4 is 0 Å². The highest BCUT2D eigenvalue weighted by atomic mass is 14.9. The molecule has 1 saturated carbocycles. The van der Waals surface area contributed by atoms with Gasteiger partial charge in [0, 0.05) is 6.04 Å². The Morgan fingerprint density at radius 3 is 2.69 bits per heavy atom. The minimum atomic E-state index is 0.704. The normalized spacial score (nSPS) is 35.4. The zero-order chi connectivity index (χ0) is 9.26. The molecule has 0 bridgehead atoms. The van der Waals surface area contributed by atoms with E-state index in [1.165, 1.54) is 32.1 Å². The Kier molecular flexibility index (Phi) is 2.73. The molecule has 1 nitrogen and oxygen atoms in total. The van der Waals surface area contributed by atoms with Crippen LogP contribution in [-0.2, 0) is 0 Å². The molecule has 74 valence electrons. The van der Waals surface area contributed by atoms with Crippen LogP contribution in [0.2, 0.25) is 0 Å². The van der Waals surface area contributed by atoms with Crippen molar-refractivity contribution in [3.05, 3.63) is 11.6 Å². The van der Waals surface area contributed by atoms with Gasteiger partial charge in [0.1, 0.15) is 0 Å². The molecule has 3 unspecified atom stereocenters. The van der Waals surface area contributed by atoms with Crippen molar-refractivity contribution in [3.63, 3.8) is 0 Å². The van der Waals surface area contributed by atoms with Crippen molar-refractivity contribution in [2.75, 3.05) is 7.05 Å². The van der Waals surface area contributed by atoms with E-state index in [-0.39, 0.29) is 0 Å². The molecule has 0 radical (unpaired) electrons. The lowest BCUT2D eigenvalue weighted by Gasteiger charge is -2.23. The van der Waals surface area contributed by atoms with Gasteiger partial charge < -0.3 is 5.32 Å². The van der Waals surface area contributed by atoms with E-state index >= 15 is 0 Å². The summed E-state index contributed by atoms with van der Waals surface area (Å²) in [5.41, 5.74) is 1.70. The summed E-state index contributed by atoms with van der Waals surface area (Å²) in [6, 6.07) is 0.704. The van der Waals surface area contributed by atoms with Crippen molar-refractivity contribution in [3.8, 4) is 0 Å². The fourth-order valence-corrected chi connectivity index (χ4v) is 2.64. The lowest BCUT2D eigenvalue weighted by atomic mass is 9.91. The number of likely N-dealkylation sites (N-methyl/N-ethyl adjacent to an activating group) is 1. The molecule has 3 atom stereocenters. The van der Waals surface area contributed by atoms with Crippen molar-refractivity contribution in [2.24, 2.45) is 11.8 Å². The summed E-state index contributed by atoms with van der Waals surface area (Å²) >= 11 is 0. The summed E-state index contributed by atoms with van der Waals surface area (Å²) in [5.74, 6) is 1.90. The molecule has 1 heteroatoms. The van der Waals surface area contributed by atoms with Gasteiger partial charge in [0.25, 0.3) is 0 Å². The van der Waals surface area contributed by atoms with Gasteiger partial charge in [0.15, 0.2) is 0 Å². The number of rotatable bonds is 3. The van der Waals surface area contributed by atoms with Gasteiger partial charge in [-0.05, 0) is 51.0 Å². The van der Waals surface area contributed by atoms with Gasteiger partial charge in [-0.1, -0.05) is 18.6 Å². The van der Waals surface area contributed by atoms with E-state index in [1.807, 2.05) is 0 Å². The van der Waals surface area contributed by atoms with Crippen LogP contribution < -0.4 is 5.32 Å². The highest BCUT2D eigenvalue weighted by molar-refractivity contribution is 5.17. The molecule has 2 aliphatic rings. The monoisotopic (exact) mass is 179 g/mol. The maximum atomic E-state index is 3.50. The Hall–Kier alpha value is -0.300. The van der Waals surface area contributed by atoms with E-state index in [0.717, 1.165) is 11.8 Å². The molecule has 2 aliphatic carbocycles. The second kappa shape index (κ2) is 3.83. The van der Waals surface area contributed by atoms with E-state index in [0.29, 0.717) is 6.04 Å². The molecule has 0 saturated heterocycles. The molecule has 0 amide bonds. The molecule has 0 spiro atoms. The van der Waals surface area contributed by atoms with Crippen molar-refractivity contribution < 1.29 is 0 Å². The zero-order valence-corrected chi connectivity index (χ0v) is 8.84. The standard InChI is InChI=1S/C12H21N/c1-9-8-11(9)12(13-2)10-6-4-3-5-7-10/h6,9,11-13H,3-5,7-8H2,1-2H3. The van der Waals surface area contributed by atoms with Crippen LogP contribution in [0.15, 0.2) is 11.6 Å². The molecule has 0 heterocycles. The Labute approximate surface area is 81.6 Å². The van der Waals surface area contributed by atoms with Gasteiger partial charge in [-0.25, -0.2) is 0 Å². The quantitative estimate of drug-likeness (QED) is 0.657.